The molecule has 5 rings (SSSR count). The van der Waals surface area contributed by atoms with E-state index in [1.165, 1.54) is 49.8 Å². The molecule has 0 atom stereocenters. The second kappa shape index (κ2) is 9.92. The van der Waals surface area contributed by atoms with Gasteiger partial charge in [-0.15, -0.1) is 0 Å². The molecular formula is C42H59BO2. The molecular weight excluding hydrogens is 547 g/mol. The van der Waals surface area contributed by atoms with Gasteiger partial charge in [0.2, 0.25) is 0 Å². The molecule has 2 aliphatic heterocycles. The Kier molecular flexibility index (Phi) is 7.42. The van der Waals surface area contributed by atoms with Crippen LogP contribution < -0.4 is 25.9 Å². The van der Waals surface area contributed by atoms with Gasteiger partial charge in [0.05, 0.1) is 0 Å². The summed E-state index contributed by atoms with van der Waals surface area (Å²) in [6, 6.07) is 12.1. The van der Waals surface area contributed by atoms with Gasteiger partial charge in [-0.25, -0.2) is 0 Å². The lowest BCUT2D eigenvalue weighted by atomic mass is 9.33. The highest BCUT2D eigenvalue weighted by molar-refractivity contribution is 6.98. The van der Waals surface area contributed by atoms with Crippen LogP contribution in [0.5, 0.6) is 23.0 Å². The van der Waals surface area contributed by atoms with Crippen molar-refractivity contribution < 1.29 is 9.47 Å². The quantitative estimate of drug-likeness (QED) is 0.163. The maximum absolute atomic E-state index is 7.30. The number of hydrogen-bond donors (Lipinski definition) is 0. The highest BCUT2D eigenvalue weighted by Crippen LogP contribution is 2.49. The molecule has 0 aliphatic carbocycles. The molecule has 0 fully saturated rings. The average molecular weight is 607 g/mol. The minimum Gasteiger partial charge on any atom is -0.458 e. The normalized spacial score (nSPS) is 15.2. The van der Waals surface area contributed by atoms with Crippen LogP contribution in [0.25, 0.3) is 0 Å². The Balaban J connectivity index is 2.06. The van der Waals surface area contributed by atoms with Crippen molar-refractivity contribution in [2.45, 2.75) is 157 Å². The zero-order chi connectivity index (χ0) is 34.0. The highest BCUT2D eigenvalue weighted by atomic mass is 16.5. The molecule has 0 saturated carbocycles. The molecule has 242 valence electrons. The maximum atomic E-state index is 7.30. The molecule has 45 heavy (non-hydrogen) atoms. The molecule has 2 nitrogen and oxygen atoms in total. The number of fused-ring (bicyclic) bond motifs is 4. The Bertz CT molecular complexity index is 1560. The molecule has 0 spiro atoms. The van der Waals surface area contributed by atoms with E-state index in [9.17, 15) is 0 Å². The molecule has 0 unspecified atom stereocenters. The summed E-state index contributed by atoms with van der Waals surface area (Å²) < 4.78 is 14.6. The summed E-state index contributed by atoms with van der Waals surface area (Å²) >= 11 is 0. The predicted molar refractivity (Wildman–Crippen MR) is 196 cm³/mol. The highest BCUT2D eigenvalue weighted by Gasteiger charge is 2.48. The first-order valence-electron chi connectivity index (χ1n) is 17.1. The molecule has 0 aromatic heterocycles. The van der Waals surface area contributed by atoms with Gasteiger partial charge in [0.15, 0.2) is 0 Å². The van der Waals surface area contributed by atoms with Gasteiger partial charge in [0.25, 0.3) is 6.71 Å². The van der Waals surface area contributed by atoms with Gasteiger partial charge >= 0.3 is 0 Å². The summed E-state index contributed by atoms with van der Waals surface area (Å²) in [4.78, 5) is 0. The summed E-state index contributed by atoms with van der Waals surface area (Å²) in [5, 5.41) is 0. The Labute approximate surface area is 275 Å². The molecule has 3 heteroatoms. The van der Waals surface area contributed by atoms with Crippen molar-refractivity contribution in [1.82, 2.24) is 0 Å². The van der Waals surface area contributed by atoms with Crippen LogP contribution in [0.4, 0.5) is 0 Å². The third-order valence-electron chi connectivity index (χ3n) is 9.79. The standard InChI is InChI=1S/C42H59BO2/c1-37(2,3)24-19-26(39(7,8)9)33-30(21-24)43-31-22-25(38(4,5)6)20-27(40(10,11)12)34(31)45-36-29(42(16,17)18)23-28(41(13,14)15)35(44-33)32(36)43/h19-23H,1-18H3. The first-order valence-corrected chi connectivity index (χ1v) is 17.1. The molecule has 0 saturated heterocycles. The number of ether oxygens (including phenoxy) is 2. The van der Waals surface area contributed by atoms with Crippen molar-refractivity contribution in [2.24, 2.45) is 0 Å². The molecule has 2 aliphatic rings. The van der Waals surface area contributed by atoms with E-state index in [1.54, 1.807) is 0 Å². The Hall–Kier alpha value is -2.68. The van der Waals surface area contributed by atoms with E-state index in [4.69, 9.17) is 9.47 Å². The van der Waals surface area contributed by atoms with Gasteiger partial charge in [-0.05, 0) is 71.7 Å². The van der Waals surface area contributed by atoms with E-state index in [1.807, 2.05) is 0 Å². The van der Waals surface area contributed by atoms with Gasteiger partial charge in [-0.2, -0.15) is 0 Å². The summed E-state index contributed by atoms with van der Waals surface area (Å²) in [5.41, 5.74) is 11.0. The van der Waals surface area contributed by atoms with Gasteiger partial charge in [0, 0.05) is 16.6 Å². The maximum Gasteiger partial charge on any atom is 0.260 e. The minimum atomic E-state index is -0.121. The lowest BCUT2D eigenvalue weighted by Crippen LogP contribution is -2.59. The monoisotopic (exact) mass is 606 g/mol. The fourth-order valence-corrected chi connectivity index (χ4v) is 6.89. The topological polar surface area (TPSA) is 18.5 Å². The van der Waals surface area contributed by atoms with E-state index in [0.29, 0.717) is 0 Å². The molecule has 0 amide bonds. The van der Waals surface area contributed by atoms with Crippen LogP contribution in [-0.4, -0.2) is 6.71 Å². The fraction of sp³-hybridized carbons (Fsp3) is 0.571. The van der Waals surface area contributed by atoms with E-state index in [-0.39, 0.29) is 39.2 Å². The zero-order valence-electron chi connectivity index (χ0n) is 31.8. The molecule has 3 aromatic rings. The average Bonchev–Trinajstić information content (AvgIpc) is 2.83. The number of hydrogen-bond acceptors (Lipinski definition) is 2. The summed E-state index contributed by atoms with van der Waals surface area (Å²) in [6.45, 7) is 41.7. The van der Waals surface area contributed by atoms with Gasteiger partial charge < -0.3 is 9.47 Å². The van der Waals surface area contributed by atoms with Crippen LogP contribution in [0.15, 0.2) is 30.3 Å². The van der Waals surface area contributed by atoms with Crippen LogP contribution in [0.1, 0.15) is 158 Å². The van der Waals surface area contributed by atoms with E-state index < -0.39 is 0 Å². The Morgan fingerprint density at radius 1 is 0.356 bits per heavy atom. The van der Waals surface area contributed by atoms with Gasteiger partial charge in [-0.1, -0.05) is 149 Å². The minimum absolute atomic E-state index is 0.00213. The van der Waals surface area contributed by atoms with Crippen molar-refractivity contribution in [3.05, 3.63) is 63.7 Å². The van der Waals surface area contributed by atoms with Crippen LogP contribution >= 0.6 is 0 Å². The van der Waals surface area contributed by atoms with Crippen molar-refractivity contribution in [3.8, 4) is 23.0 Å². The van der Waals surface area contributed by atoms with Crippen LogP contribution in [-0.2, 0) is 32.5 Å². The van der Waals surface area contributed by atoms with Crippen molar-refractivity contribution in [2.75, 3.05) is 0 Å². The number of rotatable bonds is 0. The summed E-state index contributed by atoms with van der Waals surface area (Å²) in [5.74, 6) is 4.03. The third-order valence-corrected chi connectivity index (χ3v) is 9.79. The predicted octanol–water partition coefficient (Wildman–Crippen LogP) is 10.2. The number of benzene rings is 3. The lowest BCUT2D eigenvalue weighted by Gasteiger charge is -2.42. The molecule has 0 bridgehead atoms. The lowest BCUT2D eigenvalue weighted by molar-refractivity contribution is 0.416. The smallest absolute Gasteiger partial charge is 0.260 e. The second-order valence-electron chi connectivity index (χ2n) is 20.1. The van der Waals surface area contributed by atoms with Crippen molar-refractivity contribution >= 4 is 23.1 Å². The van der Waals surface area contributed by atoms with E-state index in [2.05, 4.69) is 155 Å². The van der Waals surface area contributed by atoms with Crippen molar-refractivity contribution in [1.29, 1.82) is 0 Å². The van der Waals surface area contributed by atoms with Crippen molar-refractivity contribution in [3.63, 3.8) is 0 Å². The van der Waals surface area contributed by atoms with Crippen LogP contribution in [0.2, 0.25) is 0 Å². The molecule has 0 N–H and O–H groups in total. The Morgan fingerprint density at radius 3 is 0.911 bits per heavy atom. The summed E-state index contributed by atoms with van der Waals surface area (Å²) in [7, 11) is 0. The molecule has 2 heterocycles. The largest absolute Gasteiger partial charge is 0.458 e. The third kappa shape index (κ3) is 5.76. The zero-order valence-corrected chi connectivity index (χ0v) is 31.8. The van der Waals surface area contributed by atoms with Crippen LogP contribution in [0, 0.1) is 0 Å². The second-order valence-corrected chi connectivity index (χ2v) is 20.1. The van der Waals surface area contributed by atoms with Gasteiger partial charge in [-0.3, -0.25) is 0 Å². The molecule has 0 radical (unpaired) electrons. The fourth-order valence-electron chi connectivity index (χ4n) is 6.89. The van der Waals surface area contributed by atoms with E-state index in [0.717, 1.165) is 23.0 Å². The van der Waals surface area contributed by atoms with Crippen LogP contribution in [0.3, 0.4) is 0 Å². The first-order chi connectivity index (χ1) is 20.1. The van der Waals surface area contributed by atoms with E-state index >= 15 is 0 Å². The van der Waals surface area contributed by atoms with Gasteiger partial charge in [0.1, 0.15) is 23.0 Å². The SMILES string of the molecule is CC(C)(C)c1cc2c(c(C(C)(C)C)c1)Oc1c(C(C)(C)C)cc(C(C)(C)C)c3c1B2c1cc(C(C)(C)C)cc(C(C)(C)C)c1O3. The molecule has 3 aromatic carbocycles. The first kappa shape index (κ1) is 33.7. The Morgan fingerprint density at radius 2 is 0.644 bits per heavy atom. The summed E-state index contributed by atoms with van der Waals surface area (Å²) in [6.07, 6.45) is 0.